The van der Waals surface area contributed by atoms with Crippen LogP contribution in [0.2, 0.25) is 0 Å². The highest BCUT2D eigenvalue weighted by Crippen LogP contribution is 2.24. The summed E-state index contributed by atoms with van der Waals surface area (Å²) in [4.78, 5) is 14.1. The standard InChI is InChI=1S/C19H16F2N2O2/c1-12(13-6-8-15(20)9-7-13)23(2)19(24)18-11-17(22-25-18)14-4-3-5-16(21)10-14/h3-12H,1-2H3. The molecule has 1 aromatic heterocycles. The molecule has 3 rings (SSSR count). The van der Waals surface area contributed by atoms with Crippen LogP contribution in [0.4, 0.5) is 8.78 Å². The van der Waals surface area contributed by atoms with Crippen molar-refractivity contribution in [1.82, 2.24) is 10.1 Å². The van der Waals surface area contributed by atoms with Crippen LogP contribution < -0.4 is 0 Å². The van der Waals surface area contributed by atoms with Crippen LogP contribution in [0.25, 0.3) is 11.3 Å². The van der Waals surface area contributed by atoms with E-state index in [0.717, 1.165) is 5.56 Å². The van der Waals surface area contributed by atoms with Gasteiger partial charge in [0.2, 0.25) is 5.76 Å². The quantitative estimate of drug-likeness (QED) is 0.703. The number of carbonyl (C=O) groups excluding carboxylic acids is 1. The first-order valence-corrected chi connectivity index (χ1v) is 7.71. The topological polar surface area (TPSA) is 46.3 Å². The van der Waals surface area contributed by atoms with E-state index in [9.17, 15) is 13.6 Å². The van der Waals surface area contributed by atoms with E-state index in [1.54, 1.807) is 31.3 Å². The predicted molar refractivity (Wildman–Crippen MR) is 88.8 cm³/mol. The molecule has 2 aromatic carbocycles. The van der Waals surface area contributed by atoms with Gasteiger partial charge in [0.1, 0.15) is 17.3 Å². The third-order valence-electron chi connectivity index (χ3n) is 4.10. The second kappa shape index (κ2) is 6.84. The number of hydrogen-bond donors (Lipinski definition) is 0. The molecule has 1 unspecified atom stereocenters. The fraction of sp³-hybridized carbons (Fsp3) is 0.158. The number of amides is 1. The van der Waals surface area contributed by atoms with E-state index in [0.29, 0.717) is 11.3 Å². The van der Waals surface area contributed by atoms with Crippen LogP contribution in [0, 0.1) is 11.6 Å². The Bertz CT molecular complexity index is 890. The molecule has 25 heavy (non-hydrogen) atoms. The zero-order chi connectivity index (χ0) is 18.0. The van der Waals surface area contributed by atoms with Crippen molar-refractivity contribution in [3.63, 3.8) is 0 Å². The molecule has 0 saturated heterocycles. The van der Waals surface area contributed by atoms with Crippen molar-refractivity contribution in [2.45, 2.75) is 13.0 Å². The highest BCUT2D eigenvalue weighted by atomic mass is 19.1. The van der Waals surface area contributed by atoms with Crippen molar-refractivity contribution in [1.29, 1.82) is 0 Å². The van der Waals surface area contributed by atoms with E-state index in [-0.39, 0.29) is 23.5 Å². The maximum absolute atomic E-state index is 13.3. The number of halogens is 2. The SMILES string of the molecule is CC(c1ccc(F)cc1)N(C)C(=O)c1cc(-c2cccc(F)c2)no1. The lowest BCUT2D eigenvalue weighted by molar-refractivity contribution is 0.0700. The molecule has 6 heteroatoms. The largest absolute Gasteiger partial charge is 0.350 e. The molecule has 0 aliphatic carbocycles. The van der Waals surface area contributed by atoms with Crippen LogP contribution >= 0.6 is 0 Å². The fourth-order valence-corrected chi connectivity index (χ4v) is 2.47. The molecule has 0 aliphatic rings. The Kier molecular flexibility index (Phi) is 4.61. The van der Waals surface area contributed by atoms with Crippen LogP contribution in [-0.4, -0.2) is 23.0 Å². The summed E-state index contributed by atoms with van der Waals surface area (Å²) in [6, 6.07) is 13.0. The number of nitrogens with zero attached hydrogens (tertiary/aromatic N) is 2. The van der Waals surface area contributed by atoms with Crippen LogP contribution in [0.15, 0.2) is 59.1 Å². The Balaban J connectivity index is 1.80. The third-order valence-corrected chi connectivity index (χ3v) is 4.10. The van der Waals surface area contributed by atoms with Gasteiger partial charge in [0.05, 0.1) is 6.04 Å². The molecule has 1 heterocycles. The number of carbonyl (C=O) groups is 1. The summed E-state index contributed by atoms with van der Waals surface area (Å²) >= 11 is 0. The molecule has 3 aromatic rings. The van der Waals surface area contributed by atoms with Crippen molar-refractivity contribution < 1.29 is 18.1 Å². The van der Waals surface area contributed by atoms with Gasteiger partial charge in [0.25, 0.3) is 5.91 Å². The lowest BCUT2D eigenvalue weighted by atomic mass is 10.1. The highest BCUT2D eigenvalue weighted by Gasteiger charge is 2.23. The van der Waals surface area contributed by atoms with Gasteiger partial charge in [-0.2, -0.15) is 0 Å². The molecule has 1 amide bonds. The third kappa shape index (κ3) is 3.57. The summed E-state index contributed by atoms with van der Waals surface area (Å²) in [6.45, 7) is 1.83. The minimum Gasteiger partial charge on any atom is -0.350 e. The van der Waals surface area contributed by atoms with Crippen molar-refractivity contribution in [2.24, 2.45) is 0 Å². The van der Waals surface area contributed by atoms with Gasteiger partial charge < -0.3 is 9.42 Å². The molecule has 0 radical (unpaired) electrons. The van der Waals surface area contributed by atoms with E-state index in [1.165, 1.54) is 35.2 Å². The lowest BCUT2D eigenvalue weighted by Crippen LogP contribution is -2.29. The average molecular weight is 342 g/mol. The van der Waals surface area contributed by atoms with Crippen LogP contribution in [0.3, 0.4) is 0 Å². The summed E-state index contributed by atoms with van der Waals surface area (Å²) in [5.74, 6) is -1.04. The van der Waals surface area contributed by atoms with Gasteiger partial charge in [-0.15, -0.1) is 0 Å². The molecule has 1 atom stereocenters. The number of aromatic nitrogens is 1. The lowest BCUT2D eigenvalue weighted by Gasteiger charge is -2.24. The maximum atomic E-state index is 13.3. The van der Waals surface area contributed by atoms with E-state index in [2.05, 4.69) is 5.16 Å². The van der Waals surface area contributed by atoms with Gasteiger partial charge in [-0.3, -0.25) is 4.79 Å². The van der Waals surface area contributed by atoms with Crippen LogP contribution in [-0.2, 0) is 0 Å². The first kappa shape index (κ1) is 16.8. The smallest absolute Gasteiger partial charge is 0.292 e. The average Bonchev–Trinajstić information content (AvgIpc) is 3.10. The summed E-state index contributed by atoms with van der Waals surface area (Å²) in [5.41, 5.74) is 1.70. The molecule has 0 fully saturated rings. The summed E-state index contributed by atoms with van der Waals surface area (Å²) in [5, 5.41) is 3.84. The molecule has 128 valence electrons. The van der Waals surface area contributed by atoms with Gasteiger partial charge in [0.15, 0.2) is 0 Å². The van der Waals surface area contributed by atoms with E-state index in [1.807, 2.05) is 6.92 Å². The van der Waals surface area contributed by atoms with E-state index >= 15 is 0 Å². The predicted octanol–water partition coefficient (Wildman–Crippen LogP) is 4.45. The Morgan fingerprint density at radius 3 is 2.48 bits per heavy atom. The number of hydrogen-bond acceptors (Lipinski definition) is 3. The number of benzene rings is 2. The highest BCUT2D eigenvalue weighted by molar-refractivity contribution is 5.92. The Morgan fingerprint density at radius 1 is 1.08 bits per heavy atom. The molecule has 4 nitrogen and oxygen atoms in total. The van der Waals surface area contributed by atoms with E-state index in [4.69, 9.17) is 4.52 Å². The minimum absolute atomic E-state index is 0.0516. The van der Waals surface area contributed by atoms with Gasteiger partial charge in [0, 0.05) is 18.7 Å². The summed E-state index contributed by atoms with van der Waals surface area (Å²) in [7, 11) is 1.63. The van der Waals surface area contributed by atoms with E-state index < -0.39 is 5.82 Å². The van der Waals surface area contributed by atoms with Crippen LogP contribution in [0.1, 0.15) is 29.1 Å². The van der Waals surface area contributed by atoms with Crippen molar-refractivity contribution in [3.8, 4) is 11.3 Å². The molecular formula is C19H16F2N2O2. The Morgan fingerprint density at radius 2 is 1.80 bits per heavy atom. The first-order chi connectivity index (χ1) is 12.0. The monoisotopic (exact) mass is 342 g/mol. The minimum atomic E-state index is -0.393. The van der Waals surface area contributed by atoms with Crippen LogP contribution in [0.5, 0.6) is 0 Å². The van der Waals surface area contributed by atoms with Gasteiger partial charge in [-0.25, -0.2) is 8.78 Å². The fourth-order valence-electron chi connectivity index (χ4n) is 2.47. The van der Waals surface area contributed by atoms with Gasteiger partial charge in [-0.1, -0.05) is 29.4 Å². The number of rotatable bonds is 4. The second-order valence-corrected chi connectivity index (χ2v) is 5.73. The van der Waals surface area contributed by atoms with Gasteiger partial charge in [-0.05, 0) is 36.8 Å². The molecular weight excluding hydrogens is 326 g/mol. The van der Waals surface area contributed by atoms with Gasteiger partial charge >= 0.3 is 0 Å². The molecule has 0 N–H and O–H groups in total. The Labute approximate surface area is 143 Å². The first-order valence-electron chi connectivity index (χ1n) is 7.71. The second-order valence-electron chi connectivity index (χ2n) is 5.73. The molecule has 0 spiro atoms. The summed E-state index contributed by atoms with van der Waals surface area (Å²) < 4.78 is 31.5. The molecule has 0 aliphatic heterocycles. The maximum Gasteiger partial charge on any atom is 0.292 e. The van der Waals surface area contributed by atoms with Crippen molar-refractivity contribution >= 4 is 5.91 Å². The van der Waals surface area contributed by atoms with Crippen molar-refractivity contribution in [3.05, 3.63) is 77.6 Å². The zero-order valence-corrected chi connectivity index (χ0v) is 13.7. The molecule has 0 bridgehead atoms. The zero-order valence-electron chi connectivity index (χ0n) is 13.7. The van der Waals surface area contributed by atoms with Crippen molar-refractivity contribution in [2.75, 3.05) is 7.05 Å². The normalized spacial score (nSPS) is 12.0. The Hall–Kier alpha value is -3.02. The summed E-state index contributed by atoms with van der Waals surface area (Å²) in [6.07, 6.45) is 0. The molecule has 0 saturated carbocycles.